The van der Waals surface area contributed by atoms with Crippen LogP contribution in [0.3, 0.4) is 0 Å². The molecule has 0 aliphatic rings. The van der Waals surface area contributed by atoms with Crippen molar-refractivity contribution in [2.75, 3.05) is 5.32 Å². The molecule has 1 heterocycles. The summed E-state index contributed by atoms with van der Waals surface area (Å²) in [4.78, 5) is 12.5. The highest BCUT2D eigenvalue weighted by Crippen LogP contribution is 2.19. The van der Waals surface area contributed by atoms with E-state index >= 15 is 0 Å². The van der Waals surface area contributed by atoms with Gasteiger partial charge in [-0.15, -0.1) is 0 Å². The number of halogens is 1. The summed E-state index contributed by atoms with van der Waals surface area (Å²) in [7, 11) is 1.71. The van der Waals surface area contributed by atoms with E-state index in [4.69, 9.17) is 18.0 Å². The summed E-state index contributed by atoms with van der Waals surface area (Å²) < 4.78 is 2.46. The summed E-state index contributed by atoms with van der Waals surface area (Å²) in [5, 5.41) is 6.84. The predicted octanol–water partition coefficient (Wildman–Crippen LogP) is 2.38. The van der Waals surface area contributed by atoms with Crippen LogP contribution in [0.4, 0.5) is 5.82 Å². The van der Waals surface area contributed by atoms with Gasteiger partial charge in [0.2, 0.25) is 0 Å². The summed E-state index contributed by atoms with van der Waals surface area (Å²) >= 11 is 8.31. The van der Waals surface area contributed by atoms with Crippen LogP contribution < -0.4 is 11.1 Å². The lowest BCUT2D eigenvalue weighted by molar-refractivity contribution is 0.102. The van der Waals surface area contributed by atoms with Gasteiger partial charge in [0.15, 0.2) is 0 Å². The Kier molecular flexibility index (Phi) is 4.20. The second-order valence-electron chi connectivity index (χ2n) is 4.31. The van der Waals surface area contributed by atoms with Crippen molar-refractivity contribution in [2.24, 2.45) is 12.8 Å². The van der Waals surface area contributed by atoms with Crippen LogP contribution in [-0.2, 0) is 7.05 Å². The monoisotopic (exact) mass is 352 g/mol. The van der Waals surface area contributed by atoms with Gasteiger partial charge in [-0.2, -0.15) is 5.10 Å². The Morgan fingerprint density at radius 1 is 1.45 bits per heavy atom. The lowest BCUT2D eigenvalue weighted by Crippen LogP contribution is -2.19. The number of thiocarbonyl (C=S) groups is 1. The zero-order chi connectivity index (χ0) is 14.9. The third-order valence-corrected chi connectivity index (χ3v) is 3.58. The van der Waals surface area contributed by atoms with Gasteiger partial charge >= 0.3 is 0 Å². The molecule has 0 aliphatic heterocycles. The van der Waals surface area contributed by atoms with Crippen LogP contribution in [-0.4, -0.2) is 20.7 Å². The first-order valence-electron chi connectivity index (χ1n) is 5.79. The van der Waals surface area contributed by atoms with Gasteiger partial charge in [0.1, 0.15) is 10.8 Å². The van der Waals surface area contributed by atoms with Crippen molar-refractivity contribution in [3.63, 3.8) is 0 Å². The molecule has 20 heavy (non-hydrogen) atoms. The molecule has 104 valence electrons. The summed E-state index contributed by atoms with van der Waals surface area (Å²) in [5.74, 6) is 0.265. The molecule has 2 rings (SSSR count). The number of anilines is 1. The number of hydrogen-bond acceptors (Lipinski definition) is 3. The number of rotatable bonds is 3. The number of amides is 1. The number of carbonyl (C=O) groups excluding carboxylic acids is 1. The molecule has 0 fully saturated rings. The molecule has 0 saturated carbocycles. The van der Waals surface area contributed by atoms with Gasteiger partial charge in [0, 0.05) is 17.1 Å². The number of nitrogens with zero attached hydrogens (tertiary/aromatic N) is 2. The van der Waals surface area contributed by atoms with Crippen molar-refractivity contribution in [3.05, 3.63) is 45.6 Å². The van der Waals surface area contributed by atoms with E-state index in [1.165, 1.54) is 10.9 Å². The Balaban J connectivity index is 2.33. The molecule has 0 saturated heterocycles. The summed E-state index contributed by atoms with van der Waals surface area (Å²) in [6.07, 6.45) is 1.53. The highest BCUT2D eigenvalue weighted by Gasteiger charge is 2.16. The average molecular weight is 353 g/mol. The number of aromatic nitrogens is 2. The largest absolute Gasteiger partial charge is 0.389 e. The number of aryl methyl sites for hydroxylation is 2. The molecular formula is C13H13BrN4OS. The molecule has 0 atom stereocenters. The van der Waals surface area contributed by atoms with E-state index < -0.39 is 0 Å². The Morgan fingerprint density at radius 2 is 2.15 bits per heavy atom. The molecule has 1 aromatic heterocycles. The predicted molar refractivity (Wildman–Crippen MR) is 85.9 cm³/mol. The minimum Gasteiger partial charge on any atom is -0.389 e. The second-order valence-corrected chi connectivity index (χ2v) is 5.66. The molecular weight excluding hydrogens is 340 g/mol. The van der Waals surface area contributed by atoms with Crippen LogP contribution in [0, 0.1) is 6.92 Å². The van der Waals surface area contributed by atoms with E-state index in [2.05, 4.69) is 26.3 Å². The first-order chi connectivity index (χ1) is 9.40. The van der Waals surface area contributed by atoms with Crippen molar-refractivity contribution in [3.8, 4) is 0 Å². The number of carbonyl (C=O) groups is 1. The van der Waals surface area contributed by atoms with Crippen molar-refractivity contribution in [1.82, 2.24) is 9.78 Å². The molecule has 3 N–H and O–H groups in total. The number of nitrogens with two attached hydrogens (primary N) is 1. The van der Waals surface area contributed by atoms with Gasteiger partial charge < -0.3 is 11.1 Å². The topological polar surface area (TPSA) is 72.9 Å². The van der Waals surface area contributed by atoms with Gasteiger partial charge in [-0.05, 0) is 30.7 Å². The van der Waals surface area contributed by atoms with Crippen LogP contribution in [0.15, 0.2) is 28.9 Å². The Labute approximate surface area is 130 Å². The van der Waals surface area contributed by atoms with Crippen LogP contribution in [0.2, 0.25) is 0 Å². The normalized spacial score (nSPS) is 10.3. The maximum absolute atomic E-state index is 12.3. The van der Waals surface area contributed by atoms with Crippen LogP contribution in [0.1, 0.15) is 21.5 Å². The molecule has 0 bridgehead atoms. The third kappa shape index (κ3) is 2.88. The Morgan fingerprint density at radius 3 is 2.75 bits per heavy atom. The van der Waals surface area contributed by atoms with Crippen molar-refractivity contribution in [1.29, 1.82) is 0 Å². The number of benzene rings is 1. The van der Waals surface area contributed by atoms with Gasteiger partial charge in [-0.3, -0.25) is 9.48 Å². The van der Waals surface area contributed by atoms with E-state index in [0.29, 0.717) is 16.9 Å². The Bertz CT molecular complexity index is 696. The highest BCUT2D eigenvalue weighted by molar-refractivity contribution is 9.10. The lowest BCUT2D eigenvalue weighted by Gasteiger charge is -2.10. The quantitative estimate of drug-likeness (QED) is 0.831. The minimum atomic E-state index is -0.226. The fraction of sp³-hybridized carbons (Fsp3) is 0.154. The SMILES string of the molecule is Cc1cc(Br)ccc1C(=O)Nc1c(C(N)=S)cnn1C. The van der Waals surface area contributed by atoms with Gasteiger partial charge in [-0.1, -0.05) is 28.1 Å². The van der Waals surface area contributed by atoms with Gasteiger partial charge in [0.25, 0.3) is 5.91 Å². The number of nitrogens with one attached hydrogen (secondary N) is 1. The van der Waals surface area contributed by atoms with E-state index in [1.54, 1.807) is 13.1 Å². The van der Waals surface area contributed by atoms with E-state index in [-0.39, 0.29) is 10.9 Å². The summed E-state index contributed by atoms with van der Waals surface area (Å²) in [5.41, 5.74) is 7.62. The second kappa shape index (κ2) is 5.72. The van der Waals surface area contributed by atoms with E-state index in [0.717, 1.165) is 10.0 Å². The van der Waals surface area contributed by atoms with E-state index in [9.17, 15) is 4.79 Å². The molecule has 1 aromatic carbocycles. The van der Waals surface area contributed by atoms with Gasteiger partial charge in [-0.25, -0.2) is 0 Å². The molecule has 7 heteroatoms. The molecule has 2 aromatic rings. The standard InChI is InChI=1S/C13H13BrN4OS/c1-7-5-8(14)3-4-9(7)13(19)17-12-10(11(15)20)6-16-18(12)2/h3-6H,1-2H3,(H2,15,20)(H,17,19). The molecule has 1 amide bonds. The zero-order valence-corrected chi connectivity index (χ0v) is 13.4. The maximum atomic E-state index is 12.3. The van der Waals surface area contributed by atoms with Crippen molar-refractivity contribution in [2.45, 2.75) is 6.92 Å². The molecule has 0 radical (unpaired) electrons. The van der Waals surface area contributed by atoms with Gasteiger partial charge in [0.05, 0.1) is 11.8 Å². The maximum Gasteiger partial charge on any atom is 0.257 e. The minimum absolute atomic E-state index is 0.195. The van der Waals surface area contributed by atoms with E-state index in [1.807, 2.05) is 19.1 Å². The number of hydrogen-bond donors (Lipinski definition) is 2. The molecule has 0 spiro atoms. The summed E-state index contributed by atoms with van der Waals surface area (Å²) in [6.45, 7) is 1.87. The summed E-state index contributed by atoms with van der Waals surface area (Å²) in [6, 6.07) is 5.46. The zero-order valence-electron chi connectivity index (χ0n) is 11.0. The Hall–Kier alpha value is -1.73. The first kappa shape index (κ1) is 14.7. The molecule has 5 nitrogen and oxygen atoms in total. The fourth-order valence-corrected chi connectivity index (χ4v) is 2.45. The molecule has 0 aliphatic carbocycles. The first-order valence-corrected chi connectivity index (χ1v) is 6.99. The van der Waals surface area contributed by atoms with Crippen molar-refractivity contribution >= 4 is 44.9 Å². The van der Waals surface area contributed by atoms with Crippen LogP contribution in [0.25, 0.3) is 0 Å². The van der Waals surface area contributed by atoms with Crippen LogP contribution in [0.5, 0.6) is 0 Å². The van der Waals surface area contributed by atoms with Crippen LogP contribution >= 0.6 is 28.1 Å². The smallest absolute Gasteiger partial charge is 0.257 e. The highest BCUT2D eigenvalue weighted by atomic mass is 79.9. The third-order valence-electron chi connectivity index (χ3n) is 2.87. The van der Waals surface area contributed by atoms with Crippen molar-refractivity contribution < 1.29 is 4.79 Å². The lowest BCUT2D eigenvalue weighted by atomic mass is 10.1. The fourth-order valence-electron chi connectivity index (χ4n) is 1.82. The molecule has 0 unspecified atom stereocenters. The average Bonchev–Trinajstić information content (AvgIpc) is 2.71.